The third-order valence-electron chi connectivity index (χ3n) is 5.04. The van der Waals surface area contributed by atoms with E-state index in [0.717, 1.165) is 49.9 Å². The molecule has 7 heteroatoms. The van der Waals surface area contributed by atoms with Crippen molar-refractivity contribution < 1.29 is 0 Å². The number of hydrogen-bond donors (Lipinski definition) is 1. The summed E-state index contributed by atoms with van der Waals surface area (Å²) in [6.07, 6.45) is 1.53. The van der Waals surface area contributed by atoms with Crippen LogP contribution in [0.1, 0.15) is 18.2 Å². The smallest absolute Gasteiger partial charge is 0.254 e. The number of aromatic nitrogens is 4. The van der Waals surface area contributed by atoms with Crippen LogP contribution in [0.25, 0.3) is 5.78 Å². The van der Waals surface area contributed by atoms with Crippen LogP contribution in [0.15, 0.2) is 30.6 Å². The second-order valence-electron chi connectivity index (χ2n) is 6.80. The summed E-state index contributed by atoms with van der Waals surface area (Å²) in [6.45, 7) is 11.9. The molecule has 1 fully saturated rings. The van der Waals surface area contributed by atoms with E-state index in [9.17, 15) is 0 Å². The molecule has 1 N–H and O–H groups in total. The molecule has 1 saturated heterocycles. The van der Waals surface area contributed by atoms with Gasteiger partial charge in [-0.25, -0.2) is 4.98 Å². The van der Waals surface area contributed by atoms with Crippen molar-refractivity contribution >= 4 is 23.0 Å². The van der Waals surface area contributed by atoms with Gasteiger partial charge in [-0.1, -0.05) is 6.92 Å². The summed E-state index contributed by atoms with van der Waals surface area (Å²) in [5.74, 6) is 1.48. The molecule has 7 nitrogen and oxygen atoms in total. The van der Waals surface area contributed by atoms with Crippen LogP contribution in [0.3, 0.4) is 0 Å². The number of piperazine rings is 1. The summed E-state index contributed by atoms with van der Waals surface area (Å²) in [5.41, 5.74) is 4.49. The van der Waals surface area contributed by atoms with Crippen LogP contribution >= 0.6 is 0 Å². The molecule has 2 aromatic heterocycles. The Hall–Kier alpha value is -2.67. The molecule has 0 atom stereocenters. The lowest BCUT2D eigenvalue weighted by molar-refractivity contribution is 0.271. The number of rotatable bonds is 4. The van der Waals surface area contributed by atoms with E-state index < -0.39 is 0 Å². The van der Waals surface area contributed by atoms with E-state index in [4.69, 9.17) is 0 Å². The average molecular weight is 351 g/mol. The Balaban J connectivity index is 1.56. The monoisotopic (exact) mass is 351 g/mol. The first-order chi connectivity index (χ1) is 12.6. The number of fused-ring (bicyclic) bond motifs is 1. The molecule has 0 amide bonds. The predicted molar refractivity (Wildman–Crippen MR) is 104 cm³/mol. The van der Waals surface area contributed by atoms with Crippen LogP contribution in [0.2, 0.25) is 0 Å². The van der Waals surface area contributed by atoms with E-state index in [1.165, 1.54) is 17.6 Å². The molecule has 26 heavy (non-hydrogen) atoms. The number of aryl methyl sites for hydroxylation is 2. The van der Waals surface area contributed by atoms with Crippen LogP contribution in [0, 0.1) is 13.8 Å². The van der Waals surface area contributed by atoms with Gasteiger partial charge in [-0.3, -0.25) is 0 Å². The molecule has 1 aliphatic rings. The van der Waals surface area contributed by atoms with Gasteiger partial charge < -0.3 is 15.1 Å². The lowest BCUT2D eigenvalue weighted by Gasteiger charge is -2.35. The van der Waals surface area contributed by atoms with E-state index in [0.29, 0.717) is 5.78 Å². The molecule has 136 valence electrons. The molecule has 0 spiro atoms. The molecule has 4 rings (SSSR count). The molecule has 1 aliphatic heterocycles. The van der Waals surface area contributed by atoms with E-state index in [1.807, 2.05) is 13.0 Å². The Morgan fingerprint density at radius 3 is 2.62 bits per heavy atom. The fraction of sp³-hybridized carbons (Fsp3) is 0.421. The molecule has 3 aromatic rings. The molecule has 0 radical (unpaired) electrons. The second kappa shape index (κ2) is 6.92. The van der Waals surface area contributed by atoms with Crippen molar-refractivity contribution in [1.82, 2.24) is 24.5 Å². The summed E-state index contributed by atoms with van der Waals surface area (Å²) in [4.78, 5) is 13.5. The zero-order valence-electron chi connectivity index (χ0n) is 15.6. The average Bonchev–Trinajstić information content (AvgIpc) is 3.12. The number of hydrogen-bond acceptors (Lipinski definition) is 6. The fourth-order valence-corrected chi connectivity index (χ4v) is 3.46. The first-order valence-corrected chi connectivity index (χ1v) is 9.16. The SMILES string of the molecule is CCN1CCN(c2ccc(Nc3cc(C)nc4ncnn34)c(C)c2)CC1. The van der Waals surface area contributed by atoms with E-state index in [-0.39, 0.29) is 0 Å². The fourth-order valence-electron chi connectivity index (χ4n) is 3.46. The minimum atomic E-state index is 0.607. The maximum absolute atomic E-state index is 4.39. The zero-order valence-corrected chi connectivity index (χ0v) is 15.6. The molecule has 0 bridgehead atoms. The van der Waals surface area contributed by atoms with Crippen molar-refractivity contribution in [2.45, 2.75) is 20.8 Å². The highest BCUT2D eigenvalue weighted by Gasteiger charge is 2.16. The van der Waals surface area contributed by atoms with Crippen molar-refractivity contribution in [1.29, 1.82) is 0 Å². The van der Waals surface area contributed by atoms with Gasteiger partial charge in [0.15, 0.2) is 0 Å². The predicted octanol–water partition coefficient (Wildman–Crippen LogP) is 2.63. The first-order valence-electron chi connectivity index (χ1n) is 9.16. The highest BCUT2D eigenvalue weighted by Crippen LogP contribution is 2.26. The third-order valence-corrected chi connectivity index (χ3v) is 5.04. The van der Waals surface area contributed by atoms with Crippen LogP contribution in [-0.4, -0.2) is 57.2 Å². The second-order valence-corrected chi connectivity index (χ2v) is 6.80. The molecule has 1 aromatic carbocycles. The largest absolute Gasteiger partial charge is 0.369 e. The third kappa shape index (κ3) is 3.22. The number of anilines is 3. The molecular formula is C19H25N7. The van der Waals surface area contributed by atoms with Crippen molar-refractivity contribution in [3.8, 4) is 0 Å². The van der Waals surface area contributed by atoms with Crippen molar-refractivity contribution in [2.24, 2.45) is 0 Å². The number of benzene rings is 1. The van der Waals surface area contributed by atoms with Gasteiger partial charge in [0.2, 0.25) is 0 Å². The van der Waals surface area contributed by atoms with E-state index >= 15 is 0 Å². The topological polar surface area (TPSA) is 61.6 Å². The van der Waals surface area contributed by atoms with Crippen molar-refractivity contribution in [3.05, 3.63) is 41.9 Å². The summed E-state index contributed by atoms with van der Waals surface area (Å²) >= 11 is 0. The normalized spacial score (nSPS) is 15.6. The Morgan fingerprint density at radius 1 is 1.08 bits per heavy atom. The van der Waals surface area contributed by atoms with Crippen LogP contribution in [-0.2, 0) is 0 Å². The number of likely N-dealkylation sites (N-methyl/N-ethyl adjacent to an activating group) is 1. The Labute approximate surface area is 153 Å². The van der Waals surface area contributed by atoms with Crippen LogP contribution in [0.4, 0.5) is 17.2 Å². The van der Waals surface area contributed by atoms with Gasteiger partial charge in [-0.15, -0.1) is 0 Å². The zero-order chi connectivity index (χ0) is 18.1. The molecule has 0 unspecified atom stereocenters. The highest BCUT2D eigenvalue weighted by atomic mass is 15.4. The molecular weight excluding hydrogens is 326 g/mol. The van der Waals surface area contributed by atoms with Gasteiger partial charge in [0.25, 0.3) is 5.78 Å². The molecule has 0 aliphatic carbocycles. The lowest BCUT2D eigenvalue weighted by Crippen LogP contribution is -2.46. The lowest BCUT2D eigenvalue weighted by atomic mass is 10.1. The van der Waals surface area contributed by atoms with E-state index in [1.54, 1.807) is 4.52 Å². The first kappa shape index (κ1) is 16.8. The Kier molecular flexibility index (Phi) is 4.46. The van der Waals surface area contributed by atoms with Gasteiger partial charge in [-0.2, -0.15) is 14.6 Å². The van der Waals surface area contributed by atoms with Crippen LogP contribution < -0.4 is 10.2 Å². The number of nitrogens with one attached hydrogen (secondary N) is 1. The quantitative estimate of drug-likeness (QED) is 0.780. The molecule has 0 saturated carbocycles. The molecule has 3 heterocycles. The van der Waals surface area contributed by atoms with Gasteiger partial charge in [0.1, 0.15) is 12.1 Å². The Bertz CT molecular complexity index is 909. The minimum Gasteiger partial charge on any atom is -0.369 e. The van der Waals surface area contributed by atoms with Gasteiger partial charge in [-0.05, 0) is 44.2 Å². The minimum absolute atomic E-state index is 0.607. The Morgan fingerprint density at radius 2 is 1.88 bits per heavy atom. The van der Waals surface area contributed by atoms with Gasteiger partial charge in [0.05, 0.1) is 0 Å². The van der Waals surface area contributed by atoms with Crippen molar-refractivity contribution in [3.63, 3.8) is 0 Å². The summed E-state index contributed by atoms with van der Waals surface area (Å²) in [5, 5.41) is 7.74. The van der Waals surface area contributed by atoms with Crippen LogP contribution in [0.5, 0.6) is 0 Å². The summed E-state index contributed by atoms with van der Waals surface area (Å²) in [7, 11) is 0. The standard InChI is InChI=1S/C19H25N7/c1-4-24-7-9-25(10-8-24)16-5-6-17(14(2)11-16)23-18-12-15(3)22-19-20-13-21-26(18)19/h5-6,11-13,23H,4,7-10H2,1-3H3. The summed E-state index contributed by atoms with van der Waals surface area (Å²) in [6, 6.07) is 8.59. The maximum atomic E-state index is 4.39. The van der Waals surface area contributed by atoms with Gasteiger partial charge in [0, 0.05) is 49.3 Å². The maximum Gasteiger partial charge on any atom is 0.254 e. The van der Waals surface area contributed by atoms with E-state index in [2.05, 4.69) is 62.2 Å². The number of nitrogens with zero attached hydrogens (tertiary/aromatic N) is 6. The summed E-state index contributed by atoms with van der Waals surface area (Å²) < 4.78 is 1.73. The van der Waals surface area contributed by atoms with Gasteiger partial charge >= 0.3 is 0 Å². The highest BCUT2D eigenvalue weighted by molar-refractivity contribution is 5.66. The van der Waals surface area contributed by atoms with Crippen molar-refractivity contribution in [2.75, 3.05) is 42.9 Å².